The fourth-order valence-corrected chi connectivity index (χ4v) is 4.70. The second kappa shape index (κ2) is 9.95. The Morgan fingerprint density at radius 2 is 1.53 bits per heavy atom. The third-order valence-electron chi connectivity index (χ3n) is 5.11. The first kappa shape index (κ1) is 22.1. The molecule has 0 aromatic heterocycles. The zero-order chi connectivity index (χ0) is 21.6. The van der Waals surface area contributed by atoms with E-state index in [2.05, 4.69) is 0 Å². The molecule has 1 saturated heterocycles. The number of piperazine rings is 1. The van der Waals surface area contributed by atoms with E-state index in [0.29, 0.717) is 51.4 Å². The van der Waals surface area contributed by atoms with Crippen LogP contribution in [0, 0.1) is 6.92 Å². The molecular weight excluding hydrogens is 404 g/mol. The molecule has 0 bridgehead atoms. The van der Waals surface area contributed by atoms with Crippen LogP contribution in [0.25, 0.3) is 0 Å². The maximum absolute atomic E-state index is 12.8. The molecule has 1 fully saturated rings. The lowest BCUT2D eigenvalue weighted by atomic mass is 10.2. The van der Waals surface area contributed by atoms with Gasteiger partial charge in [0.05, 0.1) is 18.6 Å². The first-order valence-corrected chi connectivity index (χ1v) is 11.5. The lowest BCUT2D eigenvalue weighted by Gasteiger charge is -2.34. The van der Waals surface area contributed by atoms with Crippen LogP contribution in [-0.2, 0) is 14.8 Å². The predicted molar refractivity (Wildman–Crippen MR) is 114 cm³/mol. The van der Waals surface area contributed by atoms with E-state index < -0.39 is 10.0 Å². The second-order valence-electron chi connectivity index (χ2n) is 7.23. The van der Waals surface area contributed by atoms with Gasteiger partial charge in [-0.15, -0.1) is 0 Å². The van der Waals surface area contributed by atoms with E-state index >= 15 is 0 Å². The molecule has 0 N–H and O–H groups in total. The minimum absolute atomic E-state index is 0.0315. The van der Waals surface area contributed by atoms with Crippen molar-refractivity contribution in [3.8, 4) is 11.5 Å². The Kier molecular flexibility index (Phi) is 7.33. The molecule has 2 aromatic rings. The summed E-state index contributed by atoms with van der Waals surface area (Å²) < 4.78 is 37.8. The SMILES string of the molecule is COc1ccc(S(=O)(=O)N2CCN(C(=O)CCCOc3ccc(C)cc3)CC2)cc1. The van der Waals surface area contributed by atoms with E-state index in [9.17, 15) is 13.2 Å². The molecule has 3 rings (SSSR count). The third kappa shape index (κ3) is 5.52. The largest absolute Gasteiger partial charge is 0.497 e. The Balaban J connectivity index is 1.43. The van der Waals surface area contributed by atoms with Gasteiger partial charge >= 0.3 is 0 Å². The average Bonchev–Trinajstić information content (AvgIpc) is 2.78. The number of hydrogen-bond acceptors (Lipinski definition) is 5. The summed E-state index contributed by atoms with van der Waals surface area (Å²) in [5, 5.41) is 0. The van der Waals surface area contributed by atoms with Gasteiger partial charge in [-0.3, -0.25) is 4.79 Å². The fourth-order valence-electron chi connectivity index (χ4n) is 3.28. The molecule has 1 amide bonds. The van der Waals surface area contributed by atoms with Crippen LogP contribution in [0.3, 0.4) is 0 Å². The van der Waals surface area contributed by atoms with Gasteiger partial charge in [0.2, 0.25) is 15.9 Å². The second-order valence-corrected chi connectivity index (χ2v) is 9.16. The van der Waals surface area contributed by atoms with E-state index in [1.54, 1.807) is 29.2 Å². The van der Waals surface area contributed by atoms with E-state index in [0.717, 1.165) is 5.75 Å². The van der Waals surface area contributed by atoms with Gasteiger partial charge in [-0.2, -0.15) is 4.31 Å². The van der Waals surface area contributed by atoms with Crippen molar-refractivity contribution in [3.05, 3.63) is 54.1 Å². The summed E-state index contributed by atoms with van der Waals surface area (Å²) in [6.07, 6.45) is 1.01. The van der Waals surface area contributed by atoms with Crippen molar-refractivity contribution in [2.75, 3.05) is 39.9 Å². The molecule has 0 aliphatic carbocycles. The highest BCUT2D eigenvalue weighted by molar-refractivity contribution is 7.89. The van der Waals surface area contributed by atoms with Crippen LogP contribution < -0.4 is 9.47 Å². The topological polar surface area (TPSA) is 76.2 Å². The number of hydrogen-bond donors (Lipinski definition) is 0. The average molecular weight is 433 g/mol. The fraction of sp³-hybridized carbons (Fsp3) is 0.409. The van der Waals surface area contributed by atoms with Crippen LogP contribution >= 0.6 is 0 Å². The normalized spacial score (nSPS) is 15.1. The van der Waals surface area contributed by atoms with E-state index in [4.69, 9.17) is 9.47 Å². The first-order valence-electron chi connectivity index (χ1n) is 10.0. The molecule has 0 unspecified atom stereocenters. The van der Waals surface area contributed by atoms with Crippen LogP contribution in [0.5, 0.6) is 11.5 Å². The Labute approximate surface area is 178 Å². The highest BCUT2D eigenvalue weighted by Crippen LogP contribution is 2.21. The van der Waals surface area contributed by atoms with E-state index in [-0.39, 0.29) is 10.8 Å². The number of benzene rings is 2. The number of amides is 1. The monoisotopic (exact) mass is 432 g/mol. The summed E-state index contributed by atoms with van der Waals surface area (Å²) in [4.78, 5) is 14.4. The summed E-state index contributed by atoms with van der Waals surface area (Å²) in [6.45, 7) is 3.87. The molecule has 30 heavy (non-hydrogen) atoms. The molecule has 7 nitrogen and oxygen atoms in total. The Morgan fingerprint density at radius 1 is 0.933 bits per heavy atom. The summed E-state index contributed by atoms with van der Waals surface area (Å²) in [5.41, 5.74) is 1.17. The molecule has 1 aliphatic heterocycles. The van der Waals surface area contributed by atoms with Crippen LogP contribution in [0.4, 0.5) is 0 Å². The maximum Gasteiger partial charge on any atom is 0.243 e. The standard InChI is InChI=1S/C22H28N2O5S/c1-18-5-7-20(8-6-18)29-17-3-4-22(25)23-13-15-24(16-14-23)30(26,27)21-11-9-19(28-2)10-12-21/h5-12H,3-4,13-17H2,1-2H3. The Bertz CT molecular complexity index is 934. The molecular formula is C22H28N2O5S. The van der Waals surface area contributed by atoms with Gasteiger partial charge < -0.3 is 14.4 Å². The van der Waals surface area contributed by atoms with Gasteiger partial charge in [-0.25, -0.2) is 8.42 Å². The van der Waals surface area contributed by atoms with Gasteiger partial charge in [0.25, 0.3) is 0 Å². The molecule has 1 heterocycles. The third-order valence-corrected chi connectivity index (χ3v) is 7.03. The van der Waals surface area contributed by atoms with Gasteiger partial charge in [0.1, 0.15) is 11.5 Å². The predicted octanol–water partition coefficient (Wildman–Crippen LogP) is 2.70. The number of aryl methyl sites for hydroxylation is 1. The molecule has 162 valence electrons. The molecule has 0 atom stereocenters. The van der Waals surface area contributed by atoms with Crippen molar-refractivity contribution in [3.63, 3.8) is 0 Å². The number of methoxy groups -OCH3 is 1. The summed E-state index contributed by atoms with van der Waals surface area (Å²) in [5.74, 6) is 1.44. The van der Waals surface area contributed by atoms with Crippen LogP contribution in [-0.4, -0.2) is 63.4 Å². The quantitative estimate of drug-likeness (QED) is 0.600. The lowest BCUT2D eigenvalue weighted by Crippen LogP contribution is -2.50. The van der Waals surface area contributed by atoms with E-state index in [1.807, 2.05) is 31.2 Å². The van der Waals surface area contributed by atoms with Gasteiger partial charge in [-0.05, 0) is 49.7 Å². The van der Waals surface area contributed by atoms with Gasteiger partial charge in [-0.1, -0.05) is 17.7 Å². The molecule has 1 aliphatic rings. The van der Waals surface area contributed by atoms with Crippen molar-refractivity contribution < 1.29 is 22.7 Å². The zero-order valence-corrected chi connectivity index (χ0v) is 18.2. The Morgan fingerprint density at radius 3 is 2.13 bits per heavy atom. The molecule has 2 aromatic carbocycles. The van der Waals surface area contributed by atoms with Crippen molar-refractivity contribution in [1.82, 2.24) is 9.21 Å². The molecule has 0 radical (unpaired) electrons. The Hall–Kier alpha value is -2.58. The molecule has 0 spiro atoms. The first-order chi connectivity index (χ1) is 14.4. The number of rotatable bonds is 8. The summed E-state index contributed by atoms with van der Waals surface area (Å²) in [6, 6.07) is 14.1. The number of ether oxygens (including phenoxy) is 2. The minimum atomic E-state index is -3.57. The van der Waals surface area contributed by atoms with Crippen molar-refractivity contribution in [2.24, 2.45) is 0 Å². The maximum atomic E-state index is 12.8. The minimum Gasteiger partial charge on any atom is -0.497 e. The number of carbonyl (C=O) groups is 1. The lowest BCUT2D eigenvalue weighted by molar-refractivity contribution is -0.132. The number of sulfonamides is 1. The van der Waals surface area contributed by atoms with Crippen LogP contribution in [0.2, 0.25) is 0 Å². The van der Waals surface area contributed by atoms with Crippen molar-refractivity contribution in [2.45, 2.75) is 24.7 Å². The molecule has 8 heteroatoms. The zero-order valence-electron chi connectivity index (χ0n) is 17.4. The van der Waals surface area contributed by atoms with Gasteiger partial charge in [0.15, 0.2) is 0 Å². The summed E-state index contributed by atoms with van der Waals surface area (Å²) >= 11 is 0. The highest BCUT2D eigenvalue weighted by atomic mass is 32.2. The van der Waals surface area contributed by atoms with Crippen molar-refractivity contribution >= 4 is 15.9 Å². The number of carbonyl (C=O) groups excluding carboxylic acids is 1. The van der Waals surface area contributed by atoms with Gasteiger partial charge in [0, 0.05) is 32.6 Å². The van der Waals surface area contributed by atoms with E-state index in [1.165, 1.54) is 17.0 Å². The smallest absolute Gasteiger partial charge is 0.243 e. The number of nitrogens with zero attached hydrogens (tertiary/aromatic N) is 2. The van der Waals surface area contributed by atoms with Crippen molar-refractivity contribution in [1.29, 1.82) is 0 Å². The van der Waals surface area contributed by atoms with Crippen LogP contribution in [0.15, 0.2) is 53.4 Å². The molecule has 0 saturated carbocycles. The van der Waals surface area contributed by atoms with Crippen LogP contribution in [0.1, 0.15) is 18.4 Å². The summed E-state index contributed by atoms with van der Waals surface area (Å²) in [7, 11) is -2.03. The highest BCUT2D eigenvalue weighted by Gasteiger charge is 2.29.